The van der Waals surface area contributed by atoms with Crippen molar-refractivity contribution in [2.24, 2.45) is 0 Å². The minimum Gasteiger partial charge on any atom is -0.219 e. The lowest BCUT2D eigenvalue weighted by Crippen LogP contribution is -2.10. The zero-order chi connectivity index (χ0) is 15.9. The summed E-state index contributed by atoms with van der Waals surface area (Å²) in [7, 11) is -3.61. The summed E-state index contributed by atoms with van der Waals surface area (Å²) >= 11 is 14.1. The summed E-state index contributed by atoms with van der Waals surface area (Å²) in [6.45, 7) is 0. The maximum absolute atomic E-state index is 12.9. The molecule has 0 aromatic heterocycles. The van der Waals surface area contributed by atoms with Gasteiger partial charge in [-0.25, -0.2) is 8.42 Å². The highest BCUT2D eigenvalue weighted by molar-refractivity contribution is 14.1. The molecule has 0 saturated carbocycles. The van der Waals surface area contributed by atoms with Crippen molar-refractivity contribution in [1.82, 2.24) is 0 Å². The fourth-order valence-corrected chi connectivity index (χ4v) is 5.02. The molecule has 2 aromatic rings. The molecule has 0 N–H and O–H groups in total. The van der Waals surface area contributed by atoms with Gasteiger partial charge < -0.3 is 0 Å². The van der Waals surface area contributed by atoms with Gasteiger partial charge in [-0.2, -0.15) is 0 Å². The summed E-state index contributed by atoms with van der Waals surface area (Å²) in [5, 5.41) is 0.579. The second-order valence-corrected chi connectivity index (χ2v) is 8.97. The number of sulfone groups is 1. The molecule has 0 bridgehead atoms. The number of halogens is 3. The molecule has 0 spiro atoms. The lowest BCUT2D eigenvalue weighted by atomic mass is 9.97. The molecule has 2 nitrogen and oxygen atoms in total. The molecule has 0 aliphatic heterocycles. The topological polar surface area (TPSA) is 34.1 Å². The van der Waals surface area contributed by atoms with Crippen LogP contribution in [0.4, 0.5) is 0 Å². The zero-order valence-corrected chi connectivity index (χ0v) is 15.8. The number of fused-ring (bicyclic) bond motifs is 1. The minimum atomic E-state index is -3.61. The first-order valence-electron chi connectivity index (χ1n) is 6.59. The van der Waals surface area contributed by atoms with Gasteiger partial charge in [0, 0.05) is 3.57 Å². The number of allylic oxidation sites excluding steroid dienone is 1. The summed E-state index contributed by atoms with van der Waals surface area (Å²) in [4.78, 5) is 0.517. The molecule has 0 radical (unpaired) electrons. The van der Waals surface area contributed by atoms with Crippen LogP contribution in [-0.2, 0) is 16.3 Å². The van der Waals surface area contributed by atoms with E-state index in [9.17, 15) is 8.42 Å². The van der Waals surface area contributed by atoms with E-state index in [1.54, 1.807) is 6.08 Å². The normalized spacial score (nSPS) is 14.4. The van der Waals surface area contributed by atoms with Gasteiger partial charge in [0.1, 0.15) is 0 Å². The highest BCUT2D eigenvalue weighted by Gasteiger charge is 2.26. The summed E-state index contributed by atoms with van der Waals surface area (Å²) in [5.41, 5.74) is 1.84. The largest absolute Gasteiger partial charge is 0.219 e. The fraction of sp³-hybridized carbons (Fsp3) is 0.125. The molecule has 0 saturated heterocycles. The van der Waals surface area contributed by atoms with Crippen molar-refractivity contribution in [3.8, 4) is 0 Å². The molecule has 1 aliphatic carbocycles. The predicted octanol–water partition coefficient (Wildman–Crippen LogP) is 5.36. The third-order valence-electron chi connectivity index (χ3n) is 3.57. The van der Waals surface area contributed by atoms with Gasteiger partial charge in [-0.1, -0.05) is 35.3 Å². The summed E-state index contributed by atoms with van der Waals surface area (Å²) in [6, 6.07) is 10.2. The van der Waals surface area contributed by atoms with Gasteiger partial charge in [0.15, 0.2) is 0 Å². The van der Waals surface area contributed by atoms with Gasteiger partial charge in [-0.05, 0) is 76.9 Å². The molecule has 0 atom stereocenters. The Morgan fingerprint density at radius 3 is 2.50 bits per heavy atom. The lowest BCUT2D eigenvalue weighted by molar-refractivity contribution is 0.605. The number of hydrogen-bond donors (Lipinski definition) is 0. The maximum Gasteiger partial charge on any atom is 0.206 e. The van der Waals surface area contributed by atoms with Gasteiger partial charge in [0.2, 0.25) is 9.84 Å². The van der Waals surface area contributed by atoms with E-state index in [-0.39, 0.29) is 9.92 Å². The van der Waals surface area contributed by atoms with Crippen LogP contribution in [0.2, 0.25) is 10.0 Å². The van der Waals surface area contributed by atoms with E-state index >= 15 is 0 Å². The van der Waals surface area contributed by atoms with Crippen molar-refractivity contribution in [3.05, 3.63) is 67.2 Å². The maximum atomic E-state index is 12.9. The third-order valence-corrected chi connectivity index (χ3v) is 6.82. The Labute approximate surface area is 153 Å². The number of hydrogen-bond acceptors (Lipinski definition) is 2. The SMILES string of the molecule is O=S(=O)(C1=CCCc2cc(I)ccc21)c1ccc(Cl)c(Cl)c1. The van der Waals surface area contributed by atoms with E-state index in [4.69, 9.17) is 23.2 Å². The molecule has 1 aliphatic rings. The van der Waals surface area contributed by atoms with Crippen molar-refractivity contribution >= 4 is 60.5 Å². The van der Waals surface area contributed by atoms with Crippen molar-refractivity contribution in [3.63, 3.8) is 0 Å². The predicted molar refractivity (Wildman–Crippen MR) is 99.1 cm³/mol. The Morgan fingerprint density at radius 1 is 1.00 bits per heavy atom. The number of rotatable bonds is 2. The first kappa shape index (κ1) is 16.3. The van der Waals surface area contributed by atoms with E-state index in [0.29, 0.717) is 16.3 Å². The van der Waals surface area contributed by atoms with E-state index in [1.165, 1.54) is 18.2 Å². The van der Waals surface area contributed by atoms with Gasteiger partial charge in [-0.3, -0.25) is 0 Å². The van der Waals surface area contributed by atoms with Crippen LogP contribution in [0, 0.1) is 3.57 Å². The number of benzene rings is 2. The molecule has 0 amide bonds. The van der Waals surface area contributed by atoms with Crippen LogP contribution in [0.3, 0.4) is 0 Å². The van der Waals surface area contributed by atoms with Crippen LogP contribution in [-0.4, -0.2) is 8.42 Å². The molecule has 0 fully saturated rings. The molecule has 2 aromatic carbocycles. The molecule has 22 heavy (non-hydrogen) atoms. The minimum absolute atomic E-state index is 0.166. The van der Waals surface area contributed by atoms with Crippen LogP contribution in [0.5, 0.6) is 0 Å². The second kappa shape index (κ2) is 6.15. The van der Waals surface area contributed by atoms with Gasteiger partial charge in [0.25, 0.3) is 0 Å². The Hall–Kier alpha value is -0.560. The monoisotopic (exact) mass is 464 g/mol. The first-order valence-corrected chi connectivity index (χ1v) is 9.90. The highest BCUT2D eigenvalue weighted by atomic mass is 127. The van der Waals surface area contributed by atoms with Crippen LogP contribution in [0.1, 0.15) is 17.5 Å². The van der Waals surface area contributed by atoms with E-state index in [0.717, 1.165) is 21.1 Å². The van der Waals surface area contributed by atoms with E-state index in [1.807, 2.05) is 18.2 Å². The molecule has 0 heterocycles. The Kier molecular flexibility index (Phi) is 4.56. The Balaban J connectivity index is 2.14. The van der Waals surface area contributed by atoms with E-state index in [2.05, 4.69) is 22.6 Å². The highest BCUT2D eigenvalue weighted by Crippen LogP contribution is 2.36. The standard InChI is InChI=1S/C16H11Cl2IO2S/c17-14-7-5-12(9-15(14)18)22(20,21)16-3-1-2-10-8-11(19)4-6-13(10)16/h3-9H,1-2H2. The zero-order valence-electron chi connectivity index (χ0n) is 11.3. The summed E-state index contributed by atoms with van der Waals surface area (Å²) in [5.74, 6) is 0. The van der Waals surface area contributed by atoms with E-state index < -0.39 is 9.84 Å². The fourth-order valence-electron chi connectivity index (χ4n) is 2.50. The van der Waals surface area contributed by atoms with Gasteiger partial charge in [0.05, 0.1) is 19.8 Å². The van der Waals surface area contributed by atoms with Crippen LogP contribution in [0.25, 0.3) is 4.91 Å². The molecule has 114 valence electrons. The van der Waals surface area contributed by atoms with Crippen LogP contribution in [0.15, 0.2) is 47.4 Å². The molecule has 0 unspecified atom stereocenters. The van der Waals surface area contributed by atoms with Gasteiger partial charge in [-0.15, -0.1) is 0 Å². The lowest BCUT2D eigenvalue weighted by Gasteiger charge is -2.18. The average Bonchev–Trinajstić information content (AvgIpc) is 2.49. The van der Waals surface area contributed by atoms with Crippen LogP contribution >= 0.6 is 45.8 Å². The first-order chi connectivity index (χ1) is 10.4. The second-order valence-electron chi connectivity index (χ2n) is 4.99. The Morgan fingerprint density at radius 2 is 1.77 bits per heavy atom. The third kappa shape index (κ3) is 2.94. The van der Waals surface area contributed by atoms with Crippen molar-refractivity contribution in [1.29, 1.82) is 0 Å². The summed E-state index contributed by atoms with van der Waals surface area (Å²) < 4.78 is 27.0. The Bertz CT molecular complexity index is 889. The summed E-state index contributed by atoms with van der Waals surface area (Å²) in [6.07, 6.45) is 3.35. The molecule has 6 heteroatoms. The van der Waals surface area contributed by atoms with Crippen molar-refractivity contribution in [2.45, 2.75) is 17.7 Å². The average molecular weight is 465 g/mol. The molecular formula is C16H11Cl2IO2S. The number of aryl methyl sites for hydroxylation is 1. The van der Waals surface area contributed by atoms with Gasteiger partial charge >= 0.3 is 0 Å². The quantitative estimate of drug-likeness (QED) is 0.560. The van der Waals surface area contributed by atoms with Crippen molar-refractivity contribution < 1.29 is 8.42 Å². The van der Waals surface area contributed by atoms with Crippen molar-refractivity contribution in [2.75, 3.05) is 0 Å². The molecular weight excluding hydrogens is 454 g/mol. The van der Waals surface area contributed by atoms with Crippen LogP contribution < -0.4 is 0 Å². The smallest absolute Gasteiger partial charge is 0.206 e. The molecule has 3 rings (SSSR count).